The Morgan fingerprint density at radius 2 is 1.87 bits per heavy atom. The Balaban J connectivity index is 1.73. The summed E-state index contributed by atoms with van der Waals surface area (Å²) < 4.78 is 2.04. The number of halogens is 1. The Bertz CT molecular complexity index is 1380. The molecule has 0 aliphatic rings. The number of carbonyl (C=O) groups is 1. The lowest BCUT2D eigenvalue weighted by Gasteiger charge is -2.11. The molecule has 3 heterocycles. The lowest BCUT2D eigenvalue weighted by atomic mass is 10.2. The number of nitrogens with zero attached hydrogens (tertiary/aromatic N) is 5. The van der Waals surface area contributed by atoms with Crippen molar-refractivity contribution in [3.8, 4) is 11.4 Å². The minimum atomic E-state index is -0.669. The first-order valence-corrected chi connectivity index (χ1v) is 9.26. The normalized spacial score (nSPS) is 10.9. The molecule has 1 aromatic carbocycles. The zero-order chi connectivity index (χ0) is 21.3. The van der Waals surface area contributed by atoms with Gasteiger partial charge in [-0.15, -0.1) is 0 Å². The molecule has 3 aromatic heterocycles. The van der Waals surface area contributed by atoms with Gasteiger partial charge in [0.15, 0.2) is 16.6 Å². The molecule has 0 saturated carbocycles. The number of fused-ring (bicyclic) bond motifs is 1. The predicted molar refractivity (Wildman–Crippen MR) is 112 cm³/mol. The van der Waals surface area contributed by atoms with Gasteiger partial charge in [0.1, 0.15) is 11.9 Å². The van der Waals surface area contributed by atoms with E-state index in [4.69, 9.17) is 11.6 Å². The highest BCUT2D eigenvalue weighted by atomic mass is 35.5. The third-order valence-electron chi connectivity index (χ3n) is 4.45. The van der Waals surface area contributed by atoms with Crippen LogP contribution in [0.5, 0.6) is 0 Å². The molecule has 0 radical (unpaired) electrons. The lowest BCUT2D eigenvalue weighted by Crippen LogP contribution is -2.42. The SMILES string of the molecule is Cn1c(=O)n(CC(=O)Nc2cccnc2Cl)c(=O)c2cnc(-c3ccccc3)nc21. The van der Waals surface area contributed by atoms with Gasteiger partial charge in [-0.1, -0.05) is 41.9 Å². The molecule has 150 valence electrons. The Morgan fingerprint density at radius 1 is 1.10 bits per heavy atom. The van der Waals surface area contributed by atoms with Crippen molar-refractivity contribution in [2.24, 2.45) is 7.05 Å². The number of hydrogen-bond acceptors (Lipinski definition) is 6. The molecule has 9 nitrogen and oxygen atoms in total. The molecule has 0 aliphatic carbocycles. The summed E-state index contributed by atoms with van der Waals surface area (Å²) in [6.07, 6.45) is 2.84. The van der Waals surface area contributed by atoms with Crippen LogP contribution in [0.15, 0.2) is 64.4 Å². The van der Waals surface area contributed by atoms with Gasteiger partial charge in [-0.2, -0.15) is 0 Å². The molecule has 30 heavy (non-hydrogen) atoms. The van der Waals surface area contributed by atoms with Crippen LogP contribution in [-0.2, 0) is 18.4 Å². The Hall–Kier alpha value is -3.85. The van der Waals surface area contributed by atoms with Crippen LogP contribution in [0.4, 0.5) is 5.69 Å². The number of aromatic nitrogens is 5. The molecule has 1 N–H and O–H groups in total. The number of anilines is 1. The third-order valence-corrected chi connectivity index (χ3v) is 4.75. The molecule has 0 spiro atoms. The minimum Gasteiger partial charge on any atom is -0.322 e. The molecule has 0 unspecified atom stereocenters. The second-order valence-electron chi connectivity index (χ2n) is 6.42. The van der Waals surface area contributed by atoms with Crippen LogP contribution in [0.2, 0.25) is 5.15 Å². The maximum Gasteiger partial charge on any atom is 0.332 e. The number of hydrogen-bond donors (Lipinski definition) is 1. The van der Waals surface area contributed by atoms with E-state index in [0.29, 0.717) is 5.82 Å². The van der Waals surface area contributed by atoms with Gasteiger partial charge in [0.25, 0.3) is 5.56 Å². The Labute approximate surface area is 174 Å². The van der Waals surface area contributed by atoms with Gasteiger partial charge in [-0.3, -0.25) is 18.7 Å². The second-order valence-corrected chi connectivity index (χ2v) is 6.78. The van der Waals surface area contributed by atoms with E-state index in [-0.39, 0.29) is 21.9 Å². The largest absolute Gasteiger partial charge is 0.332 e. The molecule has 0 bridgehead atoms. The van der Waals surface area contributed by atoms with Gasteiger partial charge in [-0.05, 0) is 12.1 Å². The molecule has 4 rings (SSSR count). The summed E-state index contributed by atoms with van der Waals surface area (Å²) in [4.78, 5) is 50.5. The molecule has 0 fully saturated rings. The van der Waals surface area contributed by atoms with Crippen LogP contribution in [0.25, 0.3) is 22.4 Å². The first-order valence-electron chi connectivity index (χ1n) is 8.88. The van der Waals surface area contributed by atoms with Gasteiger partial charge in [-0.25, -0.2) is 19.7 Å². The van der Waals surface area contributed by atoms with Crippen molar-refractivity contribution < 1.29 is 4.79 Å². The summed E-state index contributed by atoms with van der Waals surface area (Å²) >= 11 is 5.93. The summed E-state index contributed by atoms with van der Waals surface area (Å²) in [7, 11) is 1.48. The molecule has 0 aliphatic heterocycles. The van der Waals surface area contributed by atoms with E-state index in [9.17, 15) is 14.4 Å². The predicted octanol–water partition coefficient (Wildman–Crippen LogP) is 1.84. The number of pyridine rings is 1. The smallest absolute Gasteiger partial charge is 0.322 e. The van der Waals surface area contributed by atoms with Crippen LogP contribution in [0.3, 0.4) is 0 Å². The van der Waals surface area contributed by atoms with Crippen molar-refractivity contribution in [3.63, 3.8) is 0 Å². The van der Waals surface area contributed by atoms with Crippen molar-refractivity contribution in [1.82, 2.24) is 24.1 Å². The standard InChI is InChI=1S/C20H15ClN6O3/c1-26-18-13(10-23-17(25-18)12-6-3-2-4-7-12)19(29)27(20(26)30)11-15(28)24-14-8-5-9-22-16(14)21/h2-10H,11H2,1H3,(H,24,28). The number of nitrogens with one attached hydrogen (secondary N) is 1. The van der Waals surface area contributed by atoms with Crippen molar-refractivity contribution in [3.05, 3.63) is 80.8 Å². The maximum atomic E-state index is 12.9. The summed E-state index contributed by atoms with van der Waals surface area (Å²) in [6, 6.07) is 12.4. The van der Waals surface area contributed by atoms with Crippen LogP contribution in [0, 0.1) is 0 Å². The zero-order valence-electron chi connectivity index (χ0n) is 15.7. The quantitative estimate of drug-likeness (QED) is 0.502. The lowest BCUT2D eigenvalue weighted by molar-refractivity contribution is -0.116. The highest BCUT2D eigenvalue weighted by molar-refractivity contribution is 6.32. The van der Waals surface area contributed by atoms with Gasteiger partial charge in [0.05, 0.1) is 5.69 Å². The molecular formula is C20H15ClN6O3. The summed E-state index contributed by atoms with van der Waals surface area (Å²) in [5.41, 5.74) is -0.0991. The van der Waals surface area contributed by atoms with Gasteiger partial charge in [0, 0.05) is 25.0 Å². The van der Waals surface area contributed by atoms with Crippen molar-refractivity contribution in [2.45, 2.75) is 6.54 Å². The minimum absolute atomic E-state index is 0.103. The second kappa shape index (κ2) is 7.88. The number of carbonyl (C=O) groups excluding carboxylic acids is 1. The first kappa shape index (κ1) is 19.5. The average Bonchev–Trinajstić information content (AvgIpc) is 2.77. The van der Waals surface area contributed by atoms with E-state index in [0.717, 1.165) is 10.1 Å². The van der Waals surface area contributed by atoms with Crippen molar-refractivity contribution in [2.75, 3.05) is 5.32 Å². The fraction of sp³-hybridized carbons (Fsp3) is 0.100. The molecule has 0 saturated heterocycles. The monoisotopic (exact) mass is 422 g/mol. The Morgan fingerprint density at radius 3 is 2.60 bits per heavy atom. The number of rotatable bonds is 4. The van der Waals surface area contributed by atoms with E-state index in [1.165, 1.54) is 24.0 Å². The van der Waals surface area contributed by atoms with E-state index in [1.54, 1.807) is 12.1 Å². The highest BCUT2D eigenvalue weighted by Crippen LogP contribution is 2.17. The molecule has 10 heteroatoms. The Kier molecular flexibility index (Phi) is 5.11. The van der Waals surface area contributed by atoms with Crippen LogP contribution in [-0.4, -0.2) is 30.0 Å². The molecule has 1 amide bonds. The topological polar surface area (TPSA) is 112 Å². The van der Waals surface area contributed by atoms with Gasteiger partial charge in [0.2, 0.25) is 5.91 Å². The van der Waals surface area contributed by atoms with Crippen LogP contribution in [0.1, 0.15) is 0 Å². The fourth-order valence-electron chi connectivity index (χ4n) is 2.96. The molecular weight excluding hydrogens is 408 g/mol. The molecule has 4 aromatic rings. The zero-order valence-corrected chi connectivity index (χ0v) is 16.5. The summed E-state index contributed by atoms with van der Waals surface area (Å²) in [6.45, 7) is -0.493. The van der Waals surface area contributed by atoms with Gasteiger partial charge < -0.3 is 5.32 Å². The number of benzene rings is 1. The van der Waals surface area contributed by atoms with Crippen LogP contribution >= 0.6 is 11.6 Å². The summed E-state index contributed by atoms with van der Waals surface area (Å²) in [5, 5.41) is 2.77. The van der Waals surface area contributed by atoms with Crippen LogP contribution < -0.4 is 16.6 Å². The summed E-state index contributed by atoms with van der Waals surface area (Å²) in [5.74, 6) is -0.204. The van der Waals surface area contributed by atoms with E-state index in [1.807, 2.05) is 30.3 Å². The average molecular weight is 423 g/mol. The maximum absolute atomic E-state index is 12.9. The highest BCUT2D eigenvalue weighted by Gasteiger charge is 2.17. The first-order chi connectivity index (χ1) is 14.5. The molecule has 0 atom stereocenters. The van der Waals surface area contributed by atoms with E-state index < -0.39 is 23.7 Å². The van der Waals surface area contributed by atoms with E-state index in [2.05, 4.69) is 20.3 Å². The van der Waals surface area contributed by atoms with Crippen molar-refractivity contribution >= 4 is 34.2 Å². The third kappa shape index (κ3) is 3.58. The van der Waals surface area contributed by atoms with E-state index >= 15 is 0 Å². The number of amides is 1. The van der Waals surface area contributed by atoms with Crippen molar-refractivity contribution in [1.29, 1.82) is 0 Å². The van der Waals surface area contributed by atoms with Gasteiger partial charge >= 0.3 is 5.69 Å². The number of aryl methyl sites for hydroxylation is 1. The fourth-order valence-corrected chi connectivity index (χ4v) is 3.13.